The molecule has 0 radical (unpaired) electrons. The van der Waals surface area contributed by atoms with Crippen LogP contribution >= 0.6 is 11.8 Å². The SMILES string of the molecule is CNCc1ccccc1N1CCSCC1. The van der Waals surface area contributed by atoms with E-state index < -0.39 is 0 Å². The van der Waals surface area contributed by atoms with Gasteiger partial charge in [-0.2, -0.15) is 11.8 Å². The highest BCUT2D eigenvalue weighted by Gasteiger charge is 2.13. The van der Waals surface area contributed by atoms with Crippen molar-refractivity contribution in [2.45, 2.75) is 6.54 Å². The molecule has 1 aromatic rings. The van der Waals surface area contributed by atoms with E-state index >= 15 is 0 Å². The van der Waals surface area contributed by atoms with Gasteiger partial charge in [-0.15, -0.1) is 0 Å². The Hall–Kier alpha value is -0.670. The molecule has 2 rings (SSSR count). The number of nitrogens with zero attached hydrogens (tertiary/aromatic N) is 1. The molecule has 1 heterocycles. The Morgan fingerprint density at radius 2 is 2.00 bits per heavy atom. The Morgan fingerprint density at radius 3 is 2.73 bits per heavy atom. The van der Waals surface area contributed by atoms with Gasteiger partial charge in [-0.25, -0.2) is 0 Å². The van der Waals surface area contributed by atoms with E-state index in [-0.39, 0.29) is 0 Å². The topological polar surface area (TPSA) is 15.3 Å². The quantitative estimate of drug-likeness (QED) is 0.841. The van der Waals surface area contributed by atoms with Crippen molar-refractivity contribution < 1.29 is 0 Å². The second-order valence-electron chi connectivity index (χ2n) is 3.76. The molecule has 2 nitrogen and oxygen atoms in total. The Bertz CT molecular complexity index is 308. The zero-order valence-corrected chi connectivity index (χ0v) is 10.0. The molecule has 82 valence electrons. The molecule has 0 amide bonds. The lowest BCUT2D eigenvalue weighted by atomic mass is 10.1. The van der Waals surface area contributed by atoms with Gasteiger partial charge >= 0.3 is 0 Å². The van der Waals surface area contributed by atoms with Crippen LogP contribution in [0.1, 0.15) is 5.56 Å². The summed E-state index contributed by atoms with van der Waals surface area (Å²) >= 11 is 2.06. The van der Waals surface area contributed by atoms with Gasteiger partial charge in [-0.05, 0) is 18.7 Å². The largest absolute Gasteiger partial charge is 0.370 e. The van der Waals surface area contributed by atoms with Gasteiger partial charge < -0.3 is 10.2 Å². The average molecular weight is 222 g/mol. The average Bonchev–Trinajstić information content (AvgIpc) is 2.31. The van der Waals surface area contributed by atoms with E-state index in [4.69, 9.17) is 0 Å². The fraction of sp³-hybridized carbons (Fsp3) is 0.500. The molecule has 1 aromatic carbocycles. The van der Waals surface area contributed by atoms with Crippen molar-refractivity contribution in [1.29, 1.82) is 0 Å². The third-order valence-corrected chi connectivity index (χ3v) is 3.65. The van der Waals surface area contributed by atoms with Crippen LogP contribution in [0.2, 0.25) is 0 Å². The molecule has 1 saturated heterocycles. The van der Waals surface area contributed by atoms with Crippen molar-refractivity contribution in [3.8, 4) is 0 Å². The van der Waals surface area contributed by atoms with Gasteiger partial charge in [-0.1, -0.05) is 18.2 Å². The summed E-state index contributed by atoms with van der Waals surface area (Å²) in [5.74, 6) is 2.52. The standard InChI is InChI=1S/C12H18N2S/c1-13-10-11-4-2-3-5-12(11)14-6-8-15-9-7-14/h2-5,13H,6-10H2,1H3. The molecule has 0 saturated carbocycles. The van der Waals surface area contributed by atoms with Crippen LogP contribution in [0.25, 0.3) is 0 Å². The number of thioether (sulfide) groups is 1. The first kappa shape index (κ1) is 10.8. The molecule has 3 heteroatoms. The molecule has 0 aromatic heterocycles. The lowest BCUT2D eigenvalue weighted by Gasteiger charge is -2.30. The normalized spacial score (nSPS) is 16.7. The molecule has 1 N–H and O–H groups in total. The molecule has 1 fully saturated rings. The molecule has 0 bridgehead atoms. The van der Waals surface area contributed by atoms with Gasteiger partial charge in [0.1, 0.15) is 0 Å². The minimum atomic E-state index is 0.958. The second kappa shape index (κ2) is 5.42. The van der Waals surface area contributed by atoms with Crippen LogP contribution in [-0.4, -0.2) is 31.6 Å². The molecule has 1 aliphatic rings. The Labute approximate surface area is 96.0 Å². The van der Waals surface area contributed by atoms with Gasteiger partial charge in [0.05, 0.1) is 0 Å². The van der Waals surface area contributed by atoms with Gasteiger partial charge in [0.25, 0.3) is 0 Å². The van der Waals surface area contributed by atoms with E-state index in [9.17, 15) is 0 Å². The fourth-order valence-electron chi connectivity index (χ4n) is 1.96. The molecule has 0 aliphatic carbocycles. The summed E-state index contributed by atoms with van der Waals surface area (Å²) in [5.41, 5.74) is 2.82. The predicted molar refractivity (Wildman–Crippen MR) is 68.7 cm³/mol. The molecular weight excluding hydrogens is 204 g/mol. The van der Waals surface area contributed by atoms with Crippen LogP contribution in [0.3, 0.4) is 0 Å². The van der Waals surface area contributed by atoms with Crippen molar-refractivity contribution in [1.82, 2.24) is 5.32 Å². The van der Waals surface area contributed by atoms with Crippen molar-refractivity contribution in [3.63, 3.8) is 0 Å². The van der Waals surface area contributed by atoms with Gasteiger partial charge in [-0.3, -0.25) is 0 Å². The van der Waals surface area contributed by atoms with E-state index in [1.165, 1.54) is 35.8 Å². The maximum atomic E-state index is 3.23. The first-order valence-electron chi connectivity index (χ1n) is 5.47. The summed E-state index contributed by atoms with van der Waals surface area (Å²) in [4.78, 5) is 2.50. The Kier molecular flexibility index (Phi) is 3.92. The molecule has 15 heavy (non-hydrogen) atoms. The monoisotopic (exact) mass is 222 g/mol. The summed E-state index contributed by atoms with van der Waals surface area (Å²) in [5, 5.41) is 3.23. The highest BCUT2D eigenvalue weighted by Crippen LogP contribution is 2.23. The van der Waals surface area contributed by atoms with Crippen molar-refractivity contribution in [2.75, 3.05) is 36.5 Å². The molecule has 0 unspecified atom stereocenters. The lowest BCUT2D eigenvalue weighted by molar-refractivity contribution is 0.794. The van der Waals surface area contributed by atoms with Crippen LogP contribution in [0.5, 0.6) is 0 Å². The summed E-state index contributed by atoms with van der Waals surface area (Å²) in [6, 6.07) is 8.71. The number of hydrogen-bond acceptors (Lipinski definition) is 3. The highest BCUT2D eigenvalue weighted by molar-refractivity contribution is 7.99. The Morgan fingerprint density at radius 1 is 1.27 bits per heavy atom. The van der Waals surface area contributed by atoms with E-state index in [2.05, 4.69) is 46.2 Å². The Balaban J connectivity index is 2.17. The number of anilines is 1. The van der Waals surface area contributed by atoms with Crippen LogP contribution in [0, 0.1) is 0 Å². The van der Waals surface area contributed by atoms with Crippen LogP contribution < -0.4 is 10.2 Å². The molecule has 1 aliphatic heterocycles. The van der Waals surface area contributed by atoms with Crippen molar-refractivity contribution in [3.05, 3.63) is 29.8 Å². The highest BCUT2D eigenvalue weighted by atomic mass is 32.2. The predicted octanol–water partition coefficient (Wildman–Crippen LogP) is 1.96. The third kappa shape index (κ3) is 2.67. The summed E-state index contributed by atoms with van der Waals surface area (Å²) in [6.45, 7) is 3.33. The van der Waals surface area contributed by atoms with E-state index in [0.29, 0.717) is 0 Å². The number of benzene rings is 1. The number of rotatable bonds is 3. The number of hydrogen-bond donors (Lipinski definition) is 1. The minimum absolute atomic E-state index is 0.958. The lowest BCUT2D eigenvalue weighted by Crippen LogP contribution is -2.33. The zero-order valence-electron chi connectivity index (χ0n) is 9.20. The number of para-hydroxylation sites is 1. The molecular formula is C12H18N2S. The van der Waals surface area contributed by atoms with E-state index in [1.807, 2.05) is 7.05 Å². The van der Waals surface area contributed by atoms with Crippen molar-refractivity contribution >= 4 is 17.4 Å². The van der Waals surface area contributed by atoms with Crippen molar-refractivity contribution in [2.24, 2.45) is 0 Å². The first-order chi connectivity index (χ1) is 7.42. The molecule has 0 spiro atoms. The van der Waals surface area contributed by atoms with Gasteiger partial charge in [0, 0.05) is 36.8 Å². The maximum absolute atomic E-state index is 3.23. The third-order valence-electron chi connectivity index (χ3n) is 2.71. The smallest absolute Gasteiger partial charge is 0.0412 e. The van der Waals surface area contributed by atoms with E-state index in [0.717, 1.165) is 6.54 Å². The summed E-state index contributed by atoms with van der Waals surface area (Å²) < 4.78 is 0. The minimum Gasteiger partial charge on any atom is -0.370 e. The van der Waals surface area contributed by atoms with E-state index in [1.54, 1.807) is 0 Å². The first-order valence-corrected chi connectivity index (χ1v) is 6.62. The summed E-state index contributed by atoms with van der Waals surface area (Å²) in [7, 11) is 2.00. The zero-order chi connectivity index (χ0) is 10.5. The van der Waals surface area contributed by atoms with Gasteiger partial charge in [0.15, 0.2) is 0 Å². The van der Waals surface area contributed by atoms with Crippen LogP contribution in [-0.2, 0) is 6.54 Å². The van der Waals surface area contributed by atoms with Gasteiger partial charge in [0.2, 0.25) is 0 Å². The maximum Gasteiger partial charge on any atom is 0.0412 e. The fourth-order valence-corrected chi connectivity index (χ4v) is 2.87. The molecule has 0 atom stereocenters. The van der Waals surface area contributed by atoms with Crippen LogP contribution in [0.15, 0.2) is 24.3 Å². The second-order valence-corrected chi connectivity index (χ2v) is 4.98. The van der Waals surface area contributed by atoms with Crippen LogP contribution in [0.4, 0.5) is 5.69 Å². The number of nitrogens with one attached hydrogen (secondary N) is 1. The summed E-state index contributed by atoms with van der Waals surface area (Å²) in [6.07, 6.45) is 0.